The molecule has 3 rings (SSSR count). The minimum Gasteiger partial charge on any atom is -0.497 e. The third-order valence-electron chi connectivity index (χ3n) is 4.46. The van der Waals surface area contributed by atoms with Crippen molar-refractivity contribution in [3.63, 3.8) is 0 Å². The molecular weight excluding hydrogens is 392 g/mol. The van der Waals surface area contributed by atoms with E-state index in [0.29, 0.717) is 28.4 Å². The number of nitrogens with one attached hydrogen (secondary N) is 1. The zero-order chi connectivity index (χ0) is 21.0. The number of Topliss-reactive ketones (excluding diaryl/α,β-unsaturated/α-hetero) is 1. The number of thioether (sulfide) groups is 1. The number of hydrogen-bond donors (Lipinski definition) is 1. The lowest BCUT2D eigenvalue weighted by Gasteiger charge is -2.30. The molecule has 152 valence electrons. The molecule has 0 aliphatic carbocycles. The molecule has 2 amide bonds. The van der Waals surface area contributed by atoms with Crippen molar-refractivity contribution in [1.29, 1.82) is 0 Å². The smallest absolute Gasteiger partial charge is 0.267 e. The first-order chi connectivity index (χ1) is 13.9. The fraction of sp³-hybridized carbons (Fsp3) is 0.286. The number of likely N-dealkylation sites (N-methyl/N-ethyl adjacent to an activating group) is 1. The number of carbonyl (C=O) groups is 3. The van der Waals surface area contributed by atoms with Crippen molar-refractivity contribution in [3.8, 4) is 11.5 Å². The summed E-state index contributed by atoms with van der Waals surface area (Å²) < 4.78 is 10.6. The van der Waals surface area contributed by atoms with E-state index in [0.717, 1.165) is 0 Å². The van der Waals surface area contributed by atoms with Crippen LogP contribution in [0.4, 0.5) is 11.4 Å². The highest BCUT2D eigenvalue weighted by atomic mass is 32.2. The van der Waals surface area contributed by atoms with E-state index in [-0.39, 0.29) is 29.1 Å². The van der Waals surface area contributed by atoms with Crippen LogP contribution in [0.2, 0.25) is 0 Å². The standard InChI is InChI=1S/C21H22N2O5S/c1-13-21(26)23(2)17-10-14(4-9-19(17)28-13)18(24)11-29-12-20(25)22-15-5-7-16(27-3)8-6-15/h4-10,13H,11-12H2,1-3H3,(H,22,25). The summed E-state index contributed by atoms with van der Waals surface area (Å²) in [4.78, 5) is 38.1. The number of ketones is 1. The summed E-state index contributed by atoms with van der Waals surface area (Å²) in [6, 6.07) is 12.0. The molecule has 1 heterocycles. The van der Waals surface area contributed by atoms with Crippen LogP contribution in [0.15, 0.2) is 42.5 Å². The van der Waals surface area contributed by atoms with E-state index in [1.807, 2.05) is 0 Å². The van der Waals surface area contributed by atoms with E-state index in [1.54, 1.807) is 63.5 Å². The summed E-state index contributed by atoms with van der Waals surface area (Å²) in [6.07, 6.45) is -0.547. The number of nitrogens with zero attached hydrogens (tertiary/aromatic N) is 1. The topological polar surface area (TPSA) is 84.9 Å². The maximum absolute atomic E-state index is 12.5. The zero-order valence-corrected chi connectivity index (χ0v) is 17.2. The van der Waals surface area contributed by atoms with Crippen LogP contribution in [0.1, 0.15) is 17.3 Å². The van der Waals surface area contributed by atoms with E-state index in [2.05, 4.69) is 5.32 Å². The fourth-order valence-electron chi connectivity index (χ4n) is 2.88. The Balaban J connectivity index is 1.53. The highest BCUT2D eigenvalue weighted by Crippen LogP contribution is 2.34. The van der Waals surface area contributed by atoms with E-state index < -0.39 is 6.10 Å². The quantitative estimate of drug-likeness (QED) is 0.701. The molecular formula is C21H22N2O5S. The molecule has 1 aliphatic rings. The summed E-state index contributed by atoms with van der Waals surface area (Å²) in [5, 5.41) is 2.78. The Kier molecular flexibility index (Phi) is 6.43. The number of amides is 2. The van der Waals surface area contributed by atoms with Crippen molar-refractivity contribution in [2.75, 3.05) is 35.9 Å². The summed E-state index contributed by atoms with van der Waals surface area (Å²) in [5.41, 5.74) is 1.71. The van der Waals surface area contributed by atoms with E-state index in [1.165, 1.54) is 16.7 Å². The first kappa shape index (κ1) is 20.7. The zero-order valence-electron chi connectivity index (χ0n) is 16.4. The first-order valence-electron chi connectivity index (χ1n) is 9.02. The molecule has 29 heavy (non-hydrogen) atoms. The van der Waals surface area contributed by atoms with Gasteiger partial charge in [0.1, 0.15) is 11.5 Å². The molecule has 0 spiro atoms. The van der Waals surface area contributed by atoms with Crippen LogP contribution in [0.25, 0.3) is 0 Å². The number of ether oxygens (including phenoxy) is 2. The molecule has 0 aromatic heterocycles. The van der Waals surface area contributed by atoms with Crippen molar-refractivity contribution in [2.24, 2.45) is 0 Å². The third-order valence-corrected chi connectivity index (χ3v) is 5.40. The summed E-state index contributed by atoms with van der Waals surface area (Å²) in [5.74, 6) is 1.13. The van der Waals surface area contributed by atoms with Crippen LogP contribution in [-0.4, -0.2) is 49.4 Å². The average Bonchev–Trinajstić information content (AvgIpc) is 2.72. The third kappa shape index (κ3) is 4.89. The summed E-state index contributed by atoms with van der Waals surface area (Å²) >= 11 is 1.23. The highest BCUT2D eigenvalue weighted by Gasteiger charge is 2.29. The van der Waals surface area contributed by atoms with Crippen molar-refractivity contribution >= 4 is 40.7 Å². The maximum atomic E-state index is 12.5. The lowest BCUT2D eigenvalue weighted by atomic mass is 10.1. The van der Waals surface area contributed by atoms with Crippen LogP contribution in [0, 0.1) is 0 Å². The van der Waals surface area contributed by atoms with Gasteiger partial charge in [0.05, 0.1) is 24.3 Å². The molecule has 1 N–H and O–H groups in total. The molecule has 0 bridgehead atoms. The fourth-order valence-corrected chi connectivity index (χ4v) is 3.59. The van der Waals surface area contributed by atoms with Gasteiger partial charge in [0, 0.05) is 18.3 Å². The lowest BCUT2D eigenvalue weighted by molar-refractivity contribution is -0.125. The Morgan fingerprint density at radius 2 is 1.90 bits per heavy atom. The number of anilines is 2. The molecule has 2 aromatic carbocycles. The Morgan fingerprint density at radius 1 is 1.17 bits per heavy atom. The number of hydrogen-bond acceptors (Lipinski definition) is 6. The van der Waals surface area contributed by atoms with Gasteiger partial charge < -0.3 is 19.7 Å². The normalized spacial score (nSPS) is 15.3. The lowest BCUT2D eigenvalue weighted by Crippen LogP contribution is -2.42. The Bertz CT molecular complexity index is 929. The average molecular weight is 414 g/mol. The second kappa shape index (κ2) is 9.00. The van der Waals surface area contributed by atoms with Crippen LogP contribution < -0.4 is 19.7 Å². The van der Waals surface area contributed by atoms with Crippen molar-refractivity contribution in [2.45, 2.75) is 13.0 Å². The summed E-state index contributed by atoms with van der Waals surface area (Å²) in [6.45, 7) is 1.69. The van der Waals surface area contributed by atoms with Gasteiger partial charge in [-0.25, -0.2) is 0 Å². The number of benzene rings is 2. The van der Waals surface area contributed by atoms with Crippen molar-refractivity contribution in [1.82, 2.24) is 0 Å². The van der Waals surface area contributed by atoms with Gasteiger partial charge in [-0.15, -0.1) is 11.8 Å². The Morgan fingerprint density at radius 3 is 2.59 bits per heavy atom. The highest BCUT2D eigenvalue weighted by molar-refractivity contribution is 8.00. The van der Waals surface area contributed by atoms with E-state index >= 15 is 0 Å². The molecule has 7 nitrogen and oxygen atoms in total. The molecule has 0 saturated heterocycles. The van der Waals surface area contributed by atoms with E-state index in [4.69, 9.17) is 9.47 Å². The van der Waals surface area contributed by atoms with Crippen LogP contribution in [0.5, 0.6) is 11.5 Å². The molecule has 1 aliphatic heterocycles. The number of fused-ring (bicyclic) bond motifs is 1. The number of methoxy groups -OCH3 is 1. The maximum Gasteiger partial charge on any atom is 0.267 e. The second-order valence-electron chi connectivity index (χ2n) is 6.53. The van der Waals surface area contributed by atoms with E-state index in [9.17, 15) is 14.4 Å². The van der Waals surface area contributed by atoms with Gasteiger partial charge in [0.25, 0.3) is 5.91 Å². The van der Waals surface area contributed by atoms with Crippen molar-refractivity contribution in [3.05, 3.63) is 48.0 Å². The molecule has 0 fully saturated rings. The second-order valence-corrected chi connectivity index (χ2v) is 7.52. The van der Waals surface area contributed by atoms with Gasteiger partial charge in [0.15, 0.2) is 11.9 Å². The Hall–Kier alpha value is -3.00. The molecule has 0 saturated carbocycles. The van der Waals surface area contributed by atoms with Crippen molar-refractivity contribution < 1.29 is 23.9 Å². The monoisotopic (exact) mass is 414 g/mol. The Labute approximate surface area is 173 Å². The number of carbonyl (C=O) groups excluding carboxylic acids is 3. The van der Waals surface area contributed by atoms with Gasteiger partial charge in [-0.1, -0.05) is 0 Å². The molecule has 1 atom stereocenters. The first-order valence-corrected chi connectivity index (χ1v) is 10.2. The molecule has 0 radical (unpaired) electrons. The molecule has 2 aromatic rings. The molecule has 8 heteroatoms. The van der Waals surface area contributed by atoms with Crippen LogP contribution in [-0.2, 0) is 9.59 Å². The number of rotatable bonds is 7. The van der Waals surface area contributed by atoms with Crippen LogP contribution >= 0.6 is 11.8 Å². The van der Waals surface area contributed by atoms with Gasteiger partial charge >= 0.3 is 0 Å². The SMILES string of the molecule is COc1ccc(NC(=O)CSCC(=O)c2ccc3c(c2)N(C)C(=O)C(C)O3)cc1. The van der Waals surface area contributed by atoms with Gasteiger partial charge in [0.2, 0.25) is 5.91 Å². The summed E-state index contributed by atoms with van der Waals surface area (Å²) in [7, 11) is 3.24. The minimum atomic E-state index is -0.547. The van der Waals surface area contributed by atoms with Crippen LogP contribution in [0.3, 0.4) is 0 Å². The minimum absolute atomic E-state index is 0.116. The van der Waals surface area contributed by atoms with Gasteiger partial charge in [-0.2, -0.15) is 0 Å². The predicted octanol–water partition coefficient (Wildman–Crippen LogP) is 2.99. The van der Waals surface area contributed by atoms with Gasteiger partial charge in [-0.3, -0.25) is 14.4 Å². The molecule has 1 unspecified atom stereocenters. The largest absolute Gasteiger partial charge is 0.497 e. The van der Waals surface area contributed by atoms with Gasteiger partial charge in [-0.05, 0) is 49.4 Å². The predicted molar refractivity (Wildman–Crippen MR) is 113 cm³/mol.